The van der Waals surface area contributed by atoms with Crippen molar-refractivity contribution in [3.05, 3.63) is 41.1 Å². The summed E-state index contributed by atoms with van der Waals surface area (Å²) in [6.07, 6.45) is 6.75. The molecule has 2 aliphatic carbocycles. The number of carbonyl (C=O) groups is 1. The highest BCUT2D eigenvalue weighted by atomic mass is 16.6. The number of benzene rings is 1. The Kier molecular flexibility index (Phi) is 6.69. The standard InChI is InChI=1S/C30H34N6O4/c31-18-19-1-5-23-27(19)25(32-20-2-3-20)17-26(33-23)34-24-6-4-22(28-29(24)40-16-15-39-28)30(37)36-9-7-21(8-10-36)35-11-13-38-14-12-35/h1,4,6,17,20-21H,2-3,5,7-16H2,(H2,32,33,34). The van der Waals surface area contributed by atoms with Gasteiger partial charge in [-0.2, -0.15) is 5.26 Å². The number of allylic oxidation sites excluding steroid dienone is 2. The zero-order valence-electron chi connectivity index (χ0n) is 22.6. The van der Waals surface area contributed by atoms with Gasteiger partial charge in [-0.15, -0.1) is 0 Å². The highest BCUT2D eigenvalue weighted by Crippen LogP contribution is 2.43. The first kappa shape index (κ1) is 25.2. The molecule has 3 fully saturated rings. The molecular formula is C30H34N6O4. The van der Waals surface area contributed by atoms with Crippen molar-refractivity contribution in [1.82, 2.24) is 14.8 Å². The van der Waals surface area contributed by atoms with E-state index < -0.39 is 0 Å². The van der Waals surface area contributed by atoms with Crippen molar-refractivity contribution >= 4 is 28.7 Å². The van der Waals surface area contributed by atoms with Gasteiger partial charge >= 0.3 is 0 Å². The van der Waals surface area contributed by atoms with Crippen LogP contribution in [0.1, 0.15) is 47.3 Å². The third-order valence-electron chi connectivity index (χ3n) is 8.42. The lowest BCUT2D eigenvalue weighted by Gasteiger charge is -2.40. The average molecular weight is 543 g/mol. The second-order valence-electron chi connectivity index (χ2n) is 11.0. The molecule has 2 aromatic rings. The molecule has 2 N–H and O–H groups in total. The van der Waals surface area contributed by atoms with Crippen molar-refractivity contribution in [2.45, 2.75) is 44.2 Å². The van der Waals surface area contributed by atoms with Crippen LogP contribution in [0, 0.1) is 11.3 Å². The summed E-state index contributed by atoms with van der Waals surface area (Å²) in [6, 6.07) is 8.92. The Morgan fingerprint density at radius 1 is 0.975 bits per heavy atom. The summed E-state index contributed by atoms with van der Waals surface area (Å²) in [6.45, 7) is 5.78. The zero-order chi connectivity index (χ0) is 27.1. The van der Waals surface area contributed by atoms with Gasteiger partial charge in [-0.25, -0.2) is 4.98 Å². The van der Waals surface area contributed by atoms with Crippen LogP contribution < -0.4 is 20.1 Å². The lowest BCUT2D eigenvalue weighted by molar-refractivity contribution is 0.00152. The van der Waals surface area contributed by atoms with E-state index in [1.165, 1.54) is 0 Å². The first-order valence-electron chi connectivity index (χ1n) is 14.4. The van der Waals surface area contributed by atoms with Gasteiger partial charge in [0.05, 0.1) is 41.8 Å². The smallest absolute Gasteiger partial charge is 0.257 e. The highest BCUT2D eigenvalue weighted by Gasteiger charge is 2.32. The number of nitrogens with zero attached hydrogens (tertiary/aromatic N) is 4. The fourth-order valence-electron chi connectivity index (χ4n) is 6.16. The summed E-state index contributed by atoms with van der Waals surface area (Å²) in [5, 5.41) is 16.6. The predicted molar refractivity (Wildman–Crippen MR) is 150 cm³/mol. The molecule has 1 aromatic carbocycles. The largest absolute Gasteiger partial charge is 0.485 e. The number of rotatable bonds is 6. The number of hydrogen-bond donors (Lipinski definition) is 2. The van der Waals surface area contributed by atoms with Crippen LogP contribution in [0.3, 0.4) is 0 Å². The van der Waals surface area contributed by atoms with Crippen molar-refractivity contribution in [2.24, 2.45) is 0 Å². The van der Waals surface area contributed by atoms with Crippen LogP contribution in [0.4, 0.5) is 17.2 Å². The first-order valence-corrected chi connectivity index (χ1v) is 14.4. The summed E-state index contributed by atoms with van der Waals surface area (Å²) < 4.78 is 17.6. The van der Waals surface area contributed by atoms with Crippen LogP contribution in [0.25, 0.3) is 5.57 Å². The molecule has 3 aliphatic heterocycles. The van der Waals surface area contributed by atoms with E-state index in [2.05, 4.69) is 21.6 Å². The molecule has 10 nitrogen and oxygen atoms in total. The van der Waals surface area contributed by atoms with Gasteiger partial charge in [-0.05, 0) is 37.8 Å². The van der Waals surface area contributed by atoms with Crippen molar-refractivity contribution in [2.75, 3.05) is 63.2 Å². The van der Waals surface area contributed by atoms with Crippen LogP contribution in [0.2, 0.25) is 0 Å². The molecule has 1 saturated carbocycles. The van der Waals surface area contributed by atoms with E-state index in [0.29, 0.717) is 65.9 Å². The maximum Gasteiger partial charge on any atom is 0.257 e. The van der Waals surface area contributed by atoms with E-state index in [-0.39, 0.29) is 5.91 Å². The zero-order valence-corrected chi connectivity index (χ0v) is 22.6. The SMILES string of the molecule is N#CC1=CCc2nc(Nc3ccc(C(=O)N4CCC(N5CCOCC5)CC4)c4c3OCCO4)cc(NC3CC3)c21. The summed E-state index contributed by atoms with van der Waals surface area (Å²) in [5.41, 5.74) is 4.61. The quantitative estimate of drug-likeness (QED) is 0.566. The molecular weight excluding hydrogens is 508 g/mol. The van der Waals surface area contributed by atoms with Crippen molar-refractivity contribution < 1.29 is 19.0 Å². The van der Waals surface area contributed by atoms with E-state index in [0.717, 1.165) is 82.0 Å². The fourth-order valence-corrected chi connectivity index (χ4v) is 6.16. The number of hydrogen-bond acceptors (Lipinski definition) is 9. The molecule has 0 atom stereocenters. The number of piperidine rings is 1. The number of fused-ring (bicyclic) bond motifs is 2. The third kappa shape index (κ3) is 4.84. The third-order valence-corrected chi connectivity index (χ3v) is 8.42. The lowest BCUT2D eigenvalue weighted by Crippen LogP contribution is -2.50. The topological polar surface area (TPSA) is 112 Å². The maximum atomic E-state index is 13.6. The molecule has 40 heavy (non-hydrogen) atoms. The number of pyridine rings is 1. The summed E-state index contributed by atoms with van der Waals surface area (Å²) in [4.78, 5) is 22.9. The highest BCUT2D eigenvalue weighted by molar-refractivity contribution is 5.99. The van der Waals surface area contributed by atoms with Gasteiger partial charge in [0.1, 0.15) is 19.0 Å². The number of carbonyl (C=O) groups excluding carboxylic acids is 1. The maximum absolute atomic E-state index is 13.6. The Hall–Kier alpha value is -3.81. The van der Waals surface area contributed by atoms with Crippen LogP contribution in [-0.4, -0.2) is 85.4 Å². The Labute approximate surface area is 233 Å². The van der Waals surface area contributed by atoms with Crippen LogP contribution in [0.15, 0.2) is 24.3 Å². The van der Waals surface area contributed by atoms with Gasteiger partial charge in [-0.3, -0.25) is 9.69 Å². The number of likely N-dealkylation sites (tertiary alicyclic amines) is 1. The minimum absolute atomic E-state index is 0.0181. The van der Waals surface area contributed by atoms with Crippen LogP contribution in [0.5, 0.6) is 11.5 Å². The lowest BCUT2D eigenvalue weighted by atomic mass is 10.0. The summed E-state index contributed by atoms with van der Waals surface area (Å²) in [7, 11) is 0. The van der Waals surface area contributed by atoms with Gasteiger partial charge < -0.3 is 29.7 Å². The molecule has 5 aliphatic rings. The molecule has 10 heteroatoms. The molecule has 7 rings (SSSR count). The number of morpholine rings is 1. The minimum atomic E-state index is -0.0181. The summed E-state index contributed by atoms with van der Waals surface area (Å²) in [5.74, 6) is 1.67. The molecule has 4 heterocycles. The van der Waals surface area contributed by atoms with Crippen molar-refractivity contribution in [1.29, 1.82) is 5.26 Å². The second-order valence-corrected chi connectivity index (χ2v) is 11.0. The Morgan fingerprint density at radius 3 is 2.50 bits per heavy atom. The predicted octanol–water partition coefficient (Wildman–Crippen LogP) is 3.57. The van der Waals surface area contributed by atoms with Gasteiger partial charge in [0, 0.05) is 62.0 Å². The van der Waals surface area contributed by atoms with Gasteiger partial charge in [0.15, 0.2) is 11.5 Å². The number of ether oxygens (including phenoxy) is 3. The average Bonchev–Trinajstić information content (AvgIpc) is 3.73. The van der Waals surface area contributed by atoms with Crippen molar-refractivity contribution in [3.63, 3.8) is 0 Å². The van der Waals surface area contributed by atoms with Crippen LogP contribution >= 0.6 is 0 Å². The van der Waals surface area contributed by atoms with E-state index >= 15 is 0 Å². The Bertz CT molecular complexity index is 1380. The Balaban J connectivity index is 1.11. The van der Waals surface area contributed by atoms with E-state index in [1.54, 1.807) is 0 Å². The van der Waals surface area contributed by atoms with E-state index in [9.17, 15) is 10.1 Å². The van der Waals surface area contributed by atoms with Crippen LogP contribution in [-0.2, 0) is 11.2 Å². The Morgan fingerprint density at radius 2 is 1.75 bits per heavy atom. The molecule has 1 aromatic heterocycles. The summed E-state index contributed by atoms with van der Waals surface area (Å²) >= 11 is 0. The van der Waals surface area contributed by atoms with Gasteiger partial charge in [-0.1, -0.05) is 6.08 Å². The molecule has 1 amide bonds. The number of aromatic nitrogens is 1. The van der Waals surface area contributed by atoms with E-state index in [4.69, 9.17) is 19.2 Å². The normalized spacial score (nSPS) is 20.9. The molecule has 2 saturated heterocycles. The molecule has 0 radical (unpaired) electrons. The van der Waals surface area contributed by atoms with E-state index in [1.807, 2.05) is 29.2 Å². The monoisotopic (exact) mass is 542 g/mol. The molecule has 0 bridgehead atoms. The number of nitriles is 1. The second kappa shape index (κ2) is 10.6. The molecule has 0 spiro atoms. The van der Waals surface area contributed by atoms with Gasteiger partial charge in [0.2, 0.25) is 0 Å². The molecule has 0 unspecified atom stereocenters. The number of nitrogens with one attached hydrogen (secondary N) is 2. The first-order chi connectivity index (χ1) is 19.7. The minimum Gasteiger partial charge on any atom is -0.485 e. The molecule has 208 valence electrons. The fraction of sp³-hybridized carbons (Fsp3) is 0.500. The van der Waals surface area contributed by atoms with Gasteiger partial charge in [0.25, 0.3) is 5.91 Å². The number of amides is 1. The van der Waals surface area contributed by atoms with Crippen molar-refractivity contribution in [3.8, 4) is 17.6 Å². The number of anilines is 3.